The van der Waals surface area contributed by atoms with Gasteiger partial charge in [-0.3, -0.25) is 0 Å². The fourth-order valence-corrected chi connectivity index (χ4v) is 3.15. The van der Waals surface area contributed by atoms with E-state index in [0.717, 1.165) is 51.1 Å². The molecule has 2 heterocycles. The van der Waals surface area contributed by atoms with E-state index >= 15 is 0 Å². The van der Waals surface area contributed by atoms with E-state index in [1.807, 2.05) is 7.11 Å². The van der Waals surface area contributed by atoms with Crippen molar-refractivity contribution in [3.8, 4) is 0 Å². The second-order valence-electron chi connectivity index (χ2n) is 6.63. The van der Waals surface area contributed by atoms with E-state index in [2.05, 4.69) is 24.1 Å². The highest BCUT2D eigenvalue weighted by Gasteiger charge is 2.38. The summed E-state index contributed by atoms with van der Waals surface area (Å²) in [6, 6.07) is 0. The molecule has 2 aliphatic rings. The van der Waals surface area contributed by atoms with Gasteiger partial charge in [0.05, 0.1) is 6.61 Å². The molecule has 0 radical (unpaired) electrons. The van der Waals surface area contributed by atoms with Crippen LogP contribution in [0.15, 0.2) is 0 Å². The van der Waals surface area contributed by atoms with Gasteiger partial charge < -0.3 is 19.7 Å². The fraction of sp³-hybridized carbons (Fsp3) is 1.00. The van der Waals surface area contributed by atoms with Crippen molar-refractivity contribution in [1.82, 2.24) is 10.2 Å². The Morgan fingerprint density at radius 2 is 2.32 bits per heavy atom. The normalized spacial score (nSPS) is 32.5. The molecule has 4 nitrogen and oxygen atoms in total. The second-order valence-corrected chi connectivity index (χ2v) is 6.63. The lowest BCUT2D eigenvalue weighted by Gasteiger charge is -2.31. The van der Waals surface area contributed by atoms with Crippen LogP contribution in [-0.4, -0.2) is 63.5 Å². The van der Waals surface area contributed by atoms with Gasteiger partial charge in [0, 0.05) is 33.2 Å². The number of ether oxygens (including phenoxy) is 2. The molecule has 0 aromatic carbocycles. The maximum Gasteiger partial charge on any atom is 0.106 e. The van der Waals surface area contributed by atoms with E-state index in [-0.39, 0.29) is 5.60 Å². The summed E-state index contributed by atoms with van der Waals surface area (Å²) in [7, 11) is 1.83. The average molecular weight is 270 g/mol. The van der Waals surface area contributed by atoms with Gasteiger partial charge in [-0.05, 0) is 37.9 Å². The van der Waals surface area contributed by atoms with Crippen LogP contribution in [-0.2, 0) is 9.47 Å². The van der Waals surface area contributed by atoms with Crippen LogP contribution in [0.2, 0.25) is 0 Å². The van der Waals surface area contributed by atoms with Crippen molar-refractivity contribution in [2.45, 2.75) is 32.3 Å². The Bertz CT molecular complexity index is 265. The zero-order chi connectivity index (χ0) is 13.7. The van der Waals surface area contributed by atoms with Gasteiger partial charge in [0.25, 0.3) is 0 Å². The third-order valence-corrected chi connectivity index (χ3v) is 4.37. The second kappa shape index (κ2) is 7.02. The first-order valence-corrected chi connectivity index (χ1v) is 7.69. The molecular formula is C15H30N2O2. The largest absolute Gasteiger partial charge is 0.378 e. The van der Waals surface area contributed by atoms with Gasteiger partial charge in [-0.25, -0.2) is 0 Å². The summed E-state index contributed by atoms with van der Waals surface area (Å²) < 4.78 is 11.2. The highest BCUT2D eigenvalue weighted by atomic mass is 16.5. The predicted octanol–water partition coefficient (Wildman–Crippen LogP) is 1.36. The number of hydrogen-bond acceptors (Lipinski definition) is 4. The predicted molar refractivity (Wildman–Crippen MR) is 77.4 cm³/mol. The van der Waals surface area contributed by atoms with Crippen LogP contribution in [0, 0.1) is 11.8 Å². The molecule has 0 spiro atoms. The summed E-state index contributed by atoms with van der Waals surface area (Å²) in [5.41, 5.74) is -0.0414. The van der Waals surface area contributed by atoms with Gasteiger partial charge in [0.2, 0.25) is 0 Å². The zero-order valence-corrected chi connectivity index (χ0v) is 12.8. The molecule has 19 heavy (non-hydrogen) atoms. The molecule has 0 aliphatic carbocycles. The molecule has 2 aliphatic heterocycles. The first-order valence-electron chi connectivity index (χ1n) is 7.69. The highest BCUT2D eigenvalue weighted by Crippen LogP contribution is 2.26. The smallest absolute Gasteiger partial charge is 0.106 e. The molecular weight excluding hydrogens is 240 g/mol. The molecule has 2 unspecified atom stereocenters. The van der Waals surface area contributed by atoms with Gasteiger partial charge in [-0.2, -0.15) is 0 Å². The van der Waals surface area contributed by atoms with Crippen LogP contribution in [0.5, 0.6) is 0 Å². The Balaban J connectivity index is 1.69. The van der Waals surface area contributed by atoms with Crippen LogP contribution in [0.4, 0.5) is 0 Å². The Kier molecular flexibility index (Phi) is 5.63. The quantitative estimate of drug-likeness (QED) is 0.757. The Morgan fingerprint density at radius 3 is 2.95 bits per heavy atom. The first kappa shape index (κ1) is 15.2. The lowest BCUT2D eigenvalue weighted by molar-refractivity contribution is -0.0375. The van der Waals surface area contributed by atoms with Crippen LogP contribution in [0.3, 0.4) is 0 Å². The maximum atomic E-state index is 5.73. The molecule has 0 saturated carbocycles. The van der Waals surface area contributed by atoms with Crippen molar-refractivity contribution in [2.24, 2.45) is 11.8 Å². The number of nitrogens with one attached hydrogen (secondary N) is 1. The molecule has 0 bridgehead atoms. The van der Waals surface area contributed by atoms with Gasteiger partial charge in [0.15, 0.2) is 0 Å². The molecule has 2 saturated heterocycles. The number of nitrogens with zero attached hydrogens (tertiary/aromatic N) is 1. The standard InChI is InChI=1S/C15H30N2O2/c1-13(2)8-16-9-14-4-6-17(10-14)11-15(18-3)5-7-19-12-15/h13-14,16H,4-12H2,1-3H3. The number of rotatable bonds is 7. The van der Waals surface area contributed by atoms with E-state index in [0.29, 0.717) is 0 Å². The topological polar surface area (TPSA) is 33.7 Å². The summed E-state index contributed by atoms with van der Waals surface area (Å²) in [5, 5.41) is 3.58. The highest BCUT2D eigenvalue weighted by molar-refractivity contribution is 4.90. The van der Waals surface area contributed by atoms with E-state index in [9.17, 15) is 0 Å². The molecule has 112 valence electrons. The molecule has 2 rings (SSSR count). The van der Waals surface area contributed by atoms with Crippen LogP contribution < -0.4 is 5.32 Å². The average Bonchev–Trinajstić information content (AvgIpc) is 3.00. The first-order chi connectivity index (χ1) is 9.13. The summed E-state index contributed by atoms with van der Waals surface area (Å²) >= 11 is 0. The minimum absolute atomic E-state index is 0.0414. The third kappa shape index (κ3) is 4.42. The lowest BCUT2D eigenvalue weighted by Crippen LogP contribution is -2.44. The van der Waals surface area contributed by atoms with Gasteiger partial charge in [0.1, 0.15) is 5.60 Å². The lowest BCUT2D eigenvalue weighted by atomic mass is 10.0. The Labute approximate surface area is 117 Å². The van der Waals surface area contributed by atoms with E-state index in [1.54, 1.807) is 0 Å². The van der Waals surface area contributed by atoms with Crippen molar-refractivity contribution < 1.29 is 9.47 Å². The fourth-order valence-electron chi connectivity index (χ4n) is 3.15. The molecule has 2 fully saturated rings. The molecule has 2 atom stereocenters. The van der Waals surface area contributed by atoms with E-state index in [4.69, 9.17) is 9.47 Å². The van der Waals surface area contributed by atoms with Gasteiger partial charge >= 0.3 is 0 Å². The summed E-state index contributed by atoms with van der Waals surface area (Å²) in [6.07, 6.45) is 2.35. The number of likely N-dealkylation sites (tertiary alicyclic amines) is 1. The minimum Gasteiger partial charge on any atom is -0.378 e. The van der Waals surface area contributed by atoms with E-state index < -0.39 is 0 Å². The van der Waals surface area contributed by atoms with Crippen molar-refractivity contribution in [3.63, 3.8) is 0 Å². The van der Waals surface area contributed by atoms with Crippen LogP contribution in [0.25, 0.3) is 0 Å². The summed E-state index contributed by atoms with van der Waals surface area (Å²) in [4.78, 5) is 2.56. The Morgan fingerprint density at radius 1 is 1.47 bits per heavy atom. The molecule has 1 N–H and O–H groups in total. The van der Waals surface area contributed by atoms with Crippen molar-refractivity contribution in [3.05, 3.63) is 0 Å². The van der Waals surface area contributed by atoms with Crippen LogP contribution in [0.1, 0.15) is 26.7 Å². The van der Waals surface area contributed by atoms with Crippen molar-refractivity contribution in [2.75, 3.05) is 53.0 Å². The Hall–Kier alpha value is -0.160. The maximum absolute atomic E-state index is 5.73. The van der Waals surface area contributed by atoms with Gasteiger partial charge in [-0.1, -0.05) is 13.8 Å². The van der Waals surface area contributed by atoms with E-state index in [1.165, 1.54) is 19.5 Å². The van der Waals surface area contributed by atoms with Crippen molar-refractivity contribution in [1.29, 1.82) is 0 Å². The van der Waals surface area contributed by atoms with Gasteiger partial charge in [-0.15, -0.1) is 0 Å². The SMILES string of the molecule is COC1(CN2CCC(CNCC(C)C)C2)CCOC1. The summed E-state index contributed by atoms with van der Waals surface area (Å²) in [5.74, 6) is 1.54. The van der Waals surface area contributed by atoms with Crippen LogP contribution >= 0.6 is 0 Å². The van der Waals surface area contributed by atoms with Crippen molar-refractivity contribution >= 4 is 0 Å². The monoisotopic (exact) mass is 270 g/mol. The number of hydrogen-bond donors (Lipinski definition) is 1. The molecule has 4 heteroatoms. The number of methoxy groups -OCH3 is 1. The minimum atomic E-state index is -0.0414. The molecule has 0 aromatic heterocycles. The molecule has 0 aromatic rings. The summed E-state index contributed by atoms with van der Waals surface area (Å²) in [6.45, 7) is 11.9. The third-order valence-electron chi connectivity index (χ3n) is 4.37. The molecule has 0 amide bonds. The zero-order valence-electron chi connectivity index (χ0n) is 12.8.